The van der Waals surface area contributed by atoms with E-state index >= 15 is 0 Å². The maximum atomic E-state index is 6.99. The van der Waals surface area contributed by atoms with E-state index in [0.717, 1.165) is 0 Å². The molecule has 0 bridgehead atoms. The Balaban J connectivity index is 5.33. The lowest BCUT2D eigenvalue weighted by molar-refractivity contribution is 0.467. The Morgan fingerprint density at radius 2 is 0.889 bits per heavy atom. The van der Waals surface area contributed by atoms with Crippen LogP contribution >= 0.6 is 0 Å². The molecule has 3 heteroatoms. The van der Waals surface area contributed by atoms with E-state index in [2.05, 4.69) is 69.2 Å². The average Bonchev–Trinajstić information content (AvgIpc) is 2.15. The summed E-state index contributed by atoms with van der Waals surface area (Å²) in [6.07, 6.45) is 0. The lowest BCUT2D eigenvalue weighted by atomic mass is 10.5. The van der Waals surface area contributed by atoms with Crippen LogP contribution < -0.4 is 0 Å². The zero-order valence-corrected chi connectivity index (χ0v) is 16.3. The summed E-state index contributed by atoms with van der Waals surface area (Å²) in [5.74, 6) is 0. The Morgan fingerprint density at radius 3 is 1.06 bits per heavy atom. The van der Waals surface area contributed by atoms with E-state index < -0.39 is 17.4 Å². The van der Waals surface area contributed by atoms with Gasteiger partial charge in [0, 0.05) is 0 Å². The van der Waals surface area contributed by atoms with Crippen molar-refractivity contribution in [2.45, 2.75) is 96.9 Å². The van der Waals surface area contributed by atoms with Gasteiger partial charge in [0.15, 0.2) is 8.32 Å². The standard InChI is InChI=1S/C15H35OSi2/c1-11(2)17(12(3)4)16-18(13(5)6,14(7)8)15(9)10/h11-15H,1-10H3. The molecule has 0 amide bonds. The summed E-state index contributed by atoms with van der Waals surface area (Å²) in [6.45, 7) is 23.7. The third kappa shape index (κ3) is 3.94. The topological polar surface area (TPSA) is 9.23 Å². The largest absolute Gasteiger partial charge is 0.454 e. The van der Waals surface area contributed by atoms with Crippen molar-refractivity contribution >= 4 is 17.4 Å². The molecule has 0 N–H and O–H groups in total. The molecular formula is C15H35OSi2. The van der Waals surface area contributed by atoms with Crippen molar-refractivity contribution in [2.75, 3.05) is 0 Å². The van der Waals surface area contributed by atoms with Crippen LogP contribution in [0.1, 0.15) is 69.2 Å². The molecule has 0 rings (SSSR count). The minimum absolute atomic E-state index is 0.704. The molecule has 0 aliphatic carbocycles. The lowest BCUT2D eigenvalue weighted by Crippen LogP contribution is -2.52. The van der Waals surface area contributed by atoms with Crippen molar-refractivity contribution in [3.05, 3.63) is 0 Å². The van der Waals surface area contributed by atoms with E-state index in [9.17, 15) is 0 Å². The summed E-state index contributed by atoms with van der Waals surface area (Å²) in [4.78, 5) is 0. The van der Waals surface area contributed by atoms with Gasteiger partial charge < -0.3 is 4.12 Å². The van der Waals surface area contributed by atoms with Crippen molar-refractivity contribution in [3.8, 4) is 0 Å². The number of rotatable bonds is 7. The molecule has 0 aliphatic rings. The van der Waals surface area contributed by atoms with Crippen LogP contribution in [-0.2, 0) is 4.12 Å². The lowest BCUT2D eigenvalue weighted by Gasteiger charge is -2.46. The van der Waals surface area contributed by atoms with Crippen molar-refractivity contribution in [1.82, 2.24) is 0 Å². The van der Waals surface area contributed by atoms with Gasteiger partial charge in [-0.05, 0) is 27.7 Å². The van der Waals surface area contributed by atoms with Gasteiger partial charge in [-0.25, -0.2) is 0 Å². The van der Waals surface area contributed by atoms with Crippen LogP contribution in [0, 0.1) is 0 Å². The predicted molar refractivity (Wildman–Crippen MR) is 88.1 cm³/mol. The summed E-state index contributed by atoms with van der Waals surface area (Å²) >= 11 is 0. The molecule has 1 nitrogen and oxygen atoms in total. The third-order valence-electron chi connectivity index (χ3n) is 4.14. The van der Waals surface area contributed by atoms with Crippen LogP contribution in [0.5, 0.6) is 0 Å². The first-order chi connectivity index (χ1) is 8.07. The third-order valence-corrected chi connectivity index (χ3v) is 14.2. The van der Waals surface area contributed by atoms with Crippen LogP contribution in [0.15, 0.2) is 0 Å². The highest BCUT2D eigenvalue weighted by atomic mass is 28.4. The Morgan fingerprint density at radius 1 is 0.611 bits per heavy atom. The van der Waals surface area contributed by atoms with Gasteiger partial charge in [0.2, 0.25) is 9.04 Å². The molecule has 0 aromatic heterocycles. The summed E-state index contributed by atoms with van der Waals surface area (Å²) in [5.41, 5.74) is 3.52. The Bertz CT molecular complexity index is 205. The first-order valence-corrected chi connectivity index (χ1v) is 11.3. The highest BCUT2D eigenvalue weighted by Crippen LogP contribution is 2.44. The van der Waals surface area contributed by atoms with Gasteiger partial charge in [-0.2, -0.15) is 0 Å². The molecule has 18 heavy (non-hydrogen) atoms. The predicted octanol–water partition coefficient (Wildman–Crippen LogP) is 5.99. The molecule has 0 aromatic rings. The van der Waals surface area contributed by atoms with Gasteiger partial charge >= 0.3 is 0 Å². The molecule has 0 aromatic carbocycles. The van der Waals surface area contributed by atoms with Crippen LogP contribution in [-0.4, -0.2) is 17.4 Å². The second-order valence-corrected chi connectivity index (χ2v) is 16.2. The van der Waals surface area contributed by atoms with Gasteiger partial charge in [0.25, 0.3) is 0 Å². The average molecular weight is 288 g/mol. The van der Waals surface area contributed by atoms with E-state index in [1.165, 1.54) is 0 Å². The minimum atomic E-state index is -1.67. The molecule has 0 fully saturated rings. The summed E-state index contributed by atoms with van der Waals surface area (Å²) in [5, 5.41) is 0. The van der Waals surface area contributed by atoms with Crippen LogP contribution in [0.3, 0.4) is 0 Å². The van der Waals surface area contributed by atoms with Gasteiger partial charge in [-0.1, -0.05) is 69.2 Å². The van der Waals surface area contributed by atoms with Crippen molar-refractivity contribution in [1.29, 1.82) is 0 Å². The summed E-state index contributed by atoms with van der Waals surface area (Å²) in [6, 6.07) is 0. The minimum Gasteiger partial charge on any atom is -0.454 e. The fraction of sp³-hybridized carbons (Fsp3) is 1.00. The first kappa shape index (κ1) is 18.4. The van der Waals surface area contributed by atoms with Crippen LogP contribution in [0.2, 0.25) is 27.7 Å². The summed E-state index contributed by atoms with van der Waals surface area (Å²) in [7, 11) is -2.38. The van der Waals surface area contributed by atoms with Crippen LogP contribution in [0.25, 0.3) is 0 Å². The molecule has 1 radical (unpaired) electrons. The van der Waals surface area contributed by atoms with Crippen molar-refractivity contribution < 1.29 is 4.12 Å². The van der Waals surface area contributed by atoms with E-state index in [1.807, 2.05) is 0 Å². The smallest absolute Gasteiger partial charge is 0.203 e. The number of hydrogen-bond acceptors (Lipinski definition) is 1. The highest BCUT2D eigenvalue weighted by Gasteiger charge is 2.47. The molecule has 0 saturated heterocycles. The zero-order valence-electron chi connectivity index (χ0n) is 14.3. The van der Waals surface area contributed by atoms with Gasteiger partial charge in [0.1, 0.15) is 0 Å². The monoisotopic (exact) mass is 287 g/mol. The van der Waals surface area contributed by atoms with Crippen LogP contribution in [0.4, 0.5) is 0 Å². The molecule has 0 heterocycles. The molecular weight excluding hydrogens is 252 g/mol. The second kappa shape index (κ2) is 7.25. The van der Waals surface area contributed by atoms with E-state index in [4.69, 9.17) is 4.12 Å². The fourth-order valence-corrected chi connectivity index (χ4v) is 15.1. The van der Waals surface area contributed by atoms with E-state index in [0.29, 0.717) is 27.7 Å². The van der Waals surface area contributed by atoms with Gasteiger partial charge in [0.05, 0.1) is 0 Å². The number of hydrogen-bond donors (Lipinski definition) is 0. The van der Waals surface area contributed by atoms with Gasteiger partial charge in [-0.3, -0.25) is 0 Å². The zero-order chi connectivity index (χ0) is 14.7. The Kier molecular flexibility index (Phi) is 7.41. The quantitative estimate of drug-likeness (QED) is 0.523. The van der Waals surface area contributed by atoms with Gasteiger partial charge in [-0.15, -0.1) is 0 Å². The normalized spacial score (nSPS) is 14.0. The molecule has 0 saturated carbocycles. The van der Waals surface area contributed by atoms with E-state index in [-0.39, 0.29) is 0 Å². The highest BCUT2D eigenvalue weighted by molar-refractivity contribution is 6.83. The van der Waals surface area contributed by atoms with Crippen molar-refractivity contribution in [2.24, 2.45) is 0 Å². The fourth-order valence-electron chi connectivity index (χ4n) is 3.46. The Hall–Kier alpha value is 0.394. The molecule has 0 spiro atoms. The molecule has 0 atom stereocenters. The second-order valence-electron chi connectivity index (χ2n) is 7.13. The van der Waals surface area contributed by atoms with Crippen molar-refractivity contribution in [3.63, 3.8) is 0 Å². The maximum Gasteiger partial charge on any atom is 0.203 e. The maximum absolute atomic E-state index is 6.99. The molecule has 109 valence electrons. The Labute approximate surface area is 119 Å². The first-order valence-electron chi connectivity index (χ1n) is 7.63. The molecule has 0 unspecified atom stereocenters. The van der Waals surface area contributed by atoms with E-state index in [1.54, 1.807) is 0 Å². The summed E-state index contributed by atoms with van der Waals surface area (Å²) < 4.78 is 6.99. The molecule has 0 aliphatic heterocycles. The SMILES string of the molecule is CC(C)[Si](O[Si](C(C)C)(C(C)C)C(C)C)C(C)C.